The summed E-state index contributed by atoms with van der Waals surface area (Å²) in [6, 6.07) is 10.9. The number of phenolic OH excluding ortho intramolecular Hbond substituents is 1. The molecule has 3 aromatic rings. The molecule has 0 radical (unpaired) electrons. The number of benzene rings is 3. The summed E-state index contributed by atoms with van der Waals surface area (Å²) >= 11 is 0. The molecule has 0 aliphatic carbocycles. The van der Waals surface area contributed by atoms with E-state index < -0.39 is 11.6 Å². The molecule has 0 fully saturated rings. The van der Waals surface area contributed by atoms with Crippen molar-refractivity contribution in [2.24, 2.45) is 0 Å². The Morgan fingerprint density at radius 3 is 2.00 bits per heavy atom. The Balaban J connectivity index is 1.90. The smallest absolute Gasteiger partial charge is 0.203 e. The Morgan fingerprint density at radius 2 is 1.43 bits per heavy atom. The van der Waals surface area contributed by atoms with Crippen LogP contribution < -0.4 is 29.0 Å². The number of carbonyl (C=O) groups excluding carboxylic acids is 1. The lowest BCUT2D eigenvalue weighted by molar-refractivity contribution is 0.104. The van der Waals surface area contributed by atoms with Crippen molar-refractivity contribution in [2.45, 2.75) is 0 Å². The van der Waals surface area contributed by atoms with Crippen molar-refractivity contribution in [3.63, 3.8) is 0 Å². The minimum atomic E-state index is -0.639. The fraction of sp³-hybridized carbons (Fsp3) is 0.179. The van der Waals surface area contributed by atoms with E-state index in [1.165, 1.54) is 60.0 Å². The van der Waals surface area contributed by atoms with E-state index in [2.05, 4.69) is 5.32 Å². The van der Waals surface area contributed by atoms with Crippen LogP contribution in [-0.4, -0.2) is 46.4 Å². The molecule has 0 heterocycles. The summed E-state index contributed by atoms with van der Waals surface area (Å²) in [5.41, 5.74) is 1.80. The fourth-order valence-electron chi connectivity index (χ4n) is 3.54. The maximum absolute atomic E-state index is 14.0. The van der Waals surface area contributed by atoms with Gasteiger partial charge in [0.25, 0.3) is 0 Å². The van der Waals surface area contributed by atoms with E-state index in [1.54, 1.807) is 36.4 Å². The van der Waals surface area contributed by atoms with Crippen LogP contribution in [-0.2, 0) is 0 Å². The van der Waals surface area contributed by atoms with E-state index in [4.69, 9.17) is 23.7 Å². The lowest BCUT2D eigenvalue weighted by Crippen LogP contribution is -1.99. The van der Waals surface area contributed by atoms with Crippen LogP contribution in [0.25, 0.3) is 12.2 Å². The zero-order chi connectivity index (χ0) is 26.9. The second kappa shape index (κ2) is 12.3. The Labute approximate surface area is 214 Å². The van der Waals surface area contributed by atoms with E-state index in [1.807, 2.05) is 0 Å². The van der Waals surface area contributed by atoms with E-state index in [0.717, 1.165) is 11.6 Å². The van der Waals surface area contributed by atoms with Crippen LogP contribution in [0.4, 0.5) is 10.1 Å². The number of hydrogen-bond donors (Lipinski definition) is 2. The average molecular weight is 510 g/mol. The summed E-state index contributed by atoms with van der Waals surface area (Å²) in [5, 5.41) is 13.6. The predicted molar refractivity (Wildman–Crippen MR) is 140 cm³/mol. The molecule has 8 nitrogen and oxygen atoms in total. The highest BCUT2D eigenvalue weighted by Crippen LogP contribution is 2.40. The van der Waals surface area contributed by atoms with Gasteiger partial charge in [0.2, 0.25) is 5.75 Å². The molecular weight excluding hydrogens is 481 g/mol. The van der Waals surface area contributed by atoms with Crippen molar-refractivity contribution in [1.82, 2.24) is 0 Å². The molecule has 0 unspecified atom stereocenters. The molecular formula is C28H28FNO7. The zero-order valence-electron chi connectivity index (χ0n) is 21.1. The van der Waals surface area contributed by atoms with Crippen molar-refractivity contribution < 1.29 is 38.0 Å². The van der Waals surface area contributed by atoms with Crippen molar-refractivity contribution in [3.8, 4) is 34.5 Å². The third kappa shape index (κ3) is 6.13. The van der Waals surface area contributed by atoms with Gasteiger partial charge < -0.3 is 34.1 Å². The van der Waals surface area contributed by atoms with Gasteiger partial charge in [0, 0.05) is 23.4 Å². The van der Waals surface area contributed by atoms with Gasteiger partial charge in [0.05, 0.1) is 41.2 Å². The molecule has 3 aromatic carbocycles. The van der Waals surface area contributed by atoms with Crippen LogP contribution in [0.1, 0.15) is 21.5 Å². The third-order valence-corrected chi connectivity index (χ3v) is 5.43. The summed E-state index contributed by atoms with van der Waals surface area (Å²) in [7, 11) is 7.36. The highest BCUT2D eigenvalue weighted by molar-refractivity contribution is 6.04. The minimum absolute atomic E-state index is 0.0449. The Morgan fingerprint density at radius 1 is 0.811 bits per heavy atom. The molecule has 0 bridgehead atoms. The van der Waals surface area contributed by atoms with Crippen molar-refractivity contribution in [1.29, 1.82) is 0 Å². The van der Waals surface area contributed by atoms with E-state index in [0.29, 0.717) is 28.5 Å². The summed E-state index contributed by atoms with van der Waals surface area (Å²) < 4.78 is 40.2. The molecule has 194 valence electrons. The second-order valence-corrected chi connectivity index (χ2v) is 7.56. The first kappa shape index (κ1) is 26.9. The number of ether oxygens (including phenoxy) is 5. The maximum atomic E-state index is 14.0. The maximum Gasteiger partial charge on any atom is 0.203 e. The summed E-state index contributed by atoms with van der Waals surface area (Å²) in [4.78, 5) is 12.5. The molecule has 0 aliphatic heterocycles. The molecule has 0 amide bonds. The number of halogens is 1. The fourth-order valence-corrected chi connectivity index (χ4v) is 3.54. The number of methoxy groups -OCH3 is 5. The SMILES string of the molecule is COc1ccc(C(=O)C=CNc2c(C=Cc3cc(OC)c(OC)c(OC)c3)ccc(OC)c2O)cc1F. The first-order valence-corrected chi connectivity index (χ1v) is 11.1. The molecule has 0 aliphatic rings. The Hall–Kier alpha value is -4.66. The van der Waals surface area contributed by atoms with Crippen molar-refractivity contribution in [3.05, 3.63) is 77.2 Å². The second-order valence-electron chi connectivity index (χ2n) is 7.56. The summed E-state index contributed by atoms with van der Waals surface area (Å²) in [6.45, 7) is 0. The molecule has 0 spiro atoms. The van der Waals surface area contributed by atoms with E-state index in [-0.39, 0.29) is 22.8 Å². The number of anilines is 1. The summed E-state index contributed by atoms with van der Waals surface area (Å²) in [5.74, 6) is 0.515. The standard InChI is InChI=1S/C28H28FNO7/c1-33-22-10-9-19(16-20(22)29)21(31)12-13-30-26-18(8-11-23(34-2)27(26)32)7-6-17-14-24(35-3)28(37-5)25(15-17)36-4/h6-16,30,32H,1-5H3. The van der Waals surface area contributed by atoms with Crippen LogP contribution in [0.15, 0.2) is 54.7 Å². The van der Waals surface area contributed by atoms with Gasteiger partial charge in [-0.15, -0.1) is 0 Å². The molecule has 9 heteroatoms. The molecule has 0 saturated heterocycles. The van der Waals surface area contributed by atoms with Gasteiger partial charge in [-0.2, -0.15) is 0 Å². The van der Waals surface area contributed by atoms with Gasteiger partial charge in [0.1, 0.15) is 0 Å². The highest BCUT2D eigenvalue weighted by Gasteiger charge is 2.14. The number of ketones is 1. The van der Waals surface area contributed by atoms with Crippen LogP contribution in [0.3, 0.4) is 0 Å². The first-order valence-electron chi connectivity index (χ1n) is 11.1. The number of allylic oxidation sites excluding steroid dienone is 1. The van der Waals surface area contributed by atoms with Crippen molar-refractivity contribution >= 4 is 23.6 Å². The lowest BCUT2D eigenvalue weighted by atomic mass is 10.1. The molecule has 2 N–H and O–H groups in total. The average Bonchev–Trinajstić information content (AvgIpc) is 2.92. The highest BCUT2D eigenvalue weighted by atomic mass is 19.1. The number of phenols is 1. The lowest BCUT2D eigenvalue weighted by Gasteiger charge is -2.13. The Kier molecular flexibility index (Phi) is 8.99. The van der Waals surface area contributed by atoms with E-state index >= 15 is 0 Å². The molecule has 37 heavy (non-hydrogen) atoms. The van der Waals surface area contributed by atoms with Crippen LogP contribution >= 0.6 is 0 Å². The predicted octanol–water partition coefficient (Wildman–Crippen LogP) is 5.55. The number of aromatic hydroxyl groups is 1. The molecule has 3 rings (SSSR count). The van der Waals surface area contributed by atoms with Gasteiger partial charge in [-0.3, -0.25) is 4.79 Å². The van der Waals surface area contributed by atoms with Crippen molar-refractivity contribution in [2.75, 3.05) is 40.9 Å². The molecule has 0 atom stereocenters. The summed E-state index contributed by atoms with van der Waals surface area (Å²) in [6.07, 6.45) is 6.14. The van der Waals surface area contributed by atoms with Gasteiger partial charge >= 0.3 is 0 Å². The van der Waals surface area contributed by atoms with Gasteiger partial charge in [-0.05, 0) is 48.0 Å². The topological polar surface area (TPSA) is 95.5 Å². The molecule has 0 aromatic heterocycles. The number of rotatable bonds is 11. The van der Waals surface area contributed by atoms with Crippen LogP contribution in [0.2, 0.25) is 0 Å². The molecule has 0 saturated carbocycles. The van der Waals surface area contributed by atoms with Gasteiger partial charge in [0.15, 0.2) is 40.3 Å². The quantitative estimate of drug-likeness (QED) is 0.150. The van der Waals surface area contributed by atoms with Gasteiger partial charge in [-0.1, -0.05) is 12.2 Å². The van der Waals surface area contributed by atoms with Crippen LogP contribution in [0.5, 0.6) is 34.5 Å². The number of nitrogens with one attached hydrogen (secondary N) is 1. The zero-order valence-corrected chi connectivity index (χ0v) is 21.1. The number of hydrogen-bond acceptors (Lipinski definition) is 8. The third-order valence-electron chi connectivity index (χ3n) is 5.43. The monoisotopic (exact) mass is 509 g/mol. The number of carbonyl (C=O) groups is 1. The minimum Gasteiger partial charge on any atom is -0.503 e. The normalized spacial score (nSPS) is 11.0. The Bertz CT molecular complexity index is 1310. The first-order chi connectivity index (χ1) is 17.9. The largest absolute Gasteiger partial charge is 0.503 e. The van der Waals surface area contributed by atoms with Gasteiger partial charge in [-0.25, -0.2) is 4.39 Å². The van der Waals surface area contributed by atoms with Crippen LogP contribution in [0, 0.1) is 5.82 Å². The van der Waals surface area contributed by atoms with E-state index in [9.17, 15) is 14.3 Å².